The monoisotopic (exact) mass is 1810 g/mol. The third-order valence-corrected chi connectivity index (χ3v) is 25.6. The summed E-state index contributed by atoms with van der Waals surface area (Å²) in [6.45, 7) is 9.99. The number of aliphatic hydroxyl groups excluding tert-OH is 2. The Kier molecular flexibility index (Phi) is 33.9. The van der Waals surface area contributed by atoms with Gasteiger partial charge in [-0.05, 0) is 261 Å². The van der Waals surface area contributed by atoms with E-state index in [0.717, 1.165) is 83.1 Å². The van der Waals surface area contributed by atoms with Crippen LogP contribution in [0.2, 0.25) is 10.0 Å². The predicted octanol–water partition coefficient (Wildman–Crippen LogP) is 17.2. The molecule has 0 unspecified atom stereocenters. The van der Waals surface area contributed by atoms with E-state index >= 15 is 0 Å². The number of carboxylic acid groups (broad SMARTS) is 1. The van der Waals surface area contributed by atoms with Crippen molar-refractivity contribution in [1.82, 2.24) is 25.3 Å². The van der Waals surface area contributed by atoms with Gasteiger partial charge in [-0.25, -0.2) is 51.9 Å². The molecule has 14 rings (SSSR count). The standard InChI is InChI=1S/C25H25ClFN3O3S.C21H23FN2O3S.C21H23FN2O2S.C17H17FN2O3S.C8H10ClNO/c26-19-3-1-2-17(10-19)23(14-31)30-25(32)20-5-4-16(12-22(20)27)21-11-18(13-29-24(21)28)15-6-8-34(33)9-7-15;1-21(2,3)27-20(25)16-5-4-14(11-18(16)22)17-10-15(12-24-19(17)23)13-6-8-28(26)9-7-13;1-21(2,3)26-20(25)16-5-4-14(11-18(16)22)17-10-15(12-24-19(17)23)13-6-8-27-9-7-13;18-15-8-11(1-2-13(15)17(21)22)14-7-12(9-20-16(14)19)10-3-5-24(23)6-4-10;9-7-3-1-2-6(4-7)8(10)5-11/h1-5,10-13,15,23,31H,6-9,14H2,(H2,28,29)(H,30,32);4-6,10-12H,7-9H2,1-3H3,(H2,23,24);4-6,10-12H,7-9H2,1-3H3,(H2,23,24);1-2,7-10H,3-6H2,(H2,19,20)(H,21,22);1-4,8,11H,5,10H2/t15?,23-,34?;28-;;;8-/m10..1/s1. The summed E-state index contributed by atoms with van der Waals surface area (Å²) in [4.78, 5) is 65.0. The number of anilines is 4. The lowest BCUT2D eigenvalue weighted by molar-refractivity contribution is 0.00518. The number of carbonyl (C=O) groups excluding carboxylic acids is 3. The summed E-state index contributed by atoms with van der Waals surface area (Å²) in [5.41, 5.74) is 39.6. The number of pyridine rings is 4. The molecule has 22 nitrogen and oxygen atoms in total. The molecule has 654 valence electrons. The first-order valence-electron chi connectivity index (χ1n) is 39.7. The van der Waals surface area contributed by atoms with Crippen LogP contribution >= 0.6 is 35.0 Å². The molecule has 3 atom stereocenters. The van der Waals surface area contributed by atoms with Crippen molar-refractivity contribution in [3.05, 3.63) is 271 Å². The third kappa shape index (κ3) is 26.8. The summed E-state index contributed by atoms with van der Waals surface area (Å²) in [7, 11) is -2.32. The molecule has 0 bridgehead atoms. The number of nitrogen functional groups attached to an aromatic ring is 4. The number of aromatic carboxylic acids is 1. The van der Waals surface area contributed by atoms with Gasteiger partial charge in [0.25, 0.3) is 5.91 Å². The van der Waals surface area contributed by atoms with Crippen LogP contribution in [0, 0.1) is 23.3 Å². The highest BCUT2D eigenvalue weighted by atomic mass is 35.5. The van der Waals surface area contributed by atoms with Gasteiger partial charge in [0.2, 0.25) is 0 Å². The number of amides is 1. The zero-order valence-electron chi connectivity index (χ0n) is 69.0. The number of aromatic nitrogens is 4. The van der Waals surface area contributed by atoms with Crippen LogP contribution in [0.4, 0.5) is 40.8 Å². The van der Waals surface area contributed by atoms with Gasteiger partial charge in [0, 0.05) is 130 Å². The average molecular weight is 1810 g/mol. The van der Waals surface area contributed by atoms with Crippen molar-refractivity contribution in [2.24, 2.45) is 5.73 Å². The molecule has 0 spiro atoms. The summed E-state index contributed by atoms with van der Waals surface area (Å²) in [6.07, 6.45) is 15.9. The van der Waals surface area contributed by atoms with Crippen molar-refractivity contribution < 1.29 is 74.2 Å². The fourth-order valence-corrected chi connectivity index (χ4v) is 18.5. The number of thioether (sulfide) groups is 1. The van der Waals surface area contributed by atoms with Crippen molar-refractivity contribution in [2.75, 3.05) is 82.2 Å². The van der Waals surface area contributed by atoms with Gasteiger partial charge in [-0.2, -0.15) is 11.8 Å². The van der Waals surface area contributed by atoms with Crippen LogP contribution in [-0.2, 0) is 41.9 Å². The number of rotatable bonds is 17. The fraction of sp³-hybridized carbons (Fsp3) is 0.304. The molecule has 0 saturated carbocycles. The van der Waals surface area contributed by atoms with Crippen molar-refractivity contribution in [2.45, 2.75) is 115 Å². The van der Waals surface area contributed by atoms with Gasteiger partial charge in [-0.15, -0.1) is 0 Å². The second kappa shape index (κ2) is 43.9. The molecule has 0 aliphatic carbocycles. The van der Waals surface area contributed by atoms with E-state index < -0.39 is 96.7 Å². The minimum Gasteiger partial charge on any atom is -0.478 e. The van der Waals surface area contributed by atoms with Gasteiger partial charge in [0.15, 0.2) is 0 Å². The minimum absolute atomic E-state index is 0.0552. The molecule has 10 aromatic rings. The molecule has 124 heavy (non-hydrogen) atoms. The number of nitrogens with one attached hydrogen (secondary N) is 1. The zero-order chi connectivity index (χ0) is 89.9. The van der Waals surface area contributed by atoms with Crippen molar-refractivity contribution in [3.63, 3.8) is 0 Å². The number of nitrogens with zero attached hydrogens (tertiary/aromatic N) is 4. The van der Waals surface area contributed by atoms with E-state index in [9.17, 15) is 54.5 Å². The fourth-order valence-electron chi connectivity index (χ4n) is 13.7. The van der Waals surface area contributed by atoms with Crippen molar-refractivity contribution in [1.29, 1.82) is 0 Å². The van der Waals surface area contributed by atoms with Crippen LogP contribution in [0.3, 0.4) is 0 Å². The highest BCUT2D eigenvalue weighted by Gasteiger charge is 2.28. The molecule has 32 heteroatoms. The molecule has 6 aromatic carbocycles. The molecule has 8 heterocycles. The summed E-state index contributed by atoms with van der Waals surface area (Å²) >= 11 is 13.6. The van der Waals surface area contributed by atoms with Crippen LogP contribution in [0.1, 0.15) is 179 Å². The van der Waals surface area contributed by atoms with Gasteiger partial charge in [-0.1, -0.05) is 83.9 Å². The second-order valence-corrected chi connectivity index (χ2v) is 38.5. The average Bonchev–Trinajstić information content (AvgIpc) is 0.810. The molecule has 4 aromatic heterocycles. The number of carboxylic acids is 1. The number of nitrogens with two attached hydrogens (primary N) is 5. The van der Waals surface area contributed by atoms with E-state index in [4.69, 9.17) is 71.6 Å². The molecular formula is C92H98Cl2F4N10O12S4. The Labute approximate surface area is 739 Å². The number of halogens is 6. The normalized spacial score (nSPS) is 17.4. The van der Waals surface area contributed by atoms with Gasteiger partial charge in [0.1, 0.15) is 57.7 Å². The van der Waals surface area contributed by atoms with Crippen LogP contribution in [0.15, 0.2) is 183 Å². The maximum atomic E-state index is 15.0. The highest BCUT2D eigenvalue weighted by molar-refractivity contribution is 7.99. The Bertz CT molecular complexity index is 5700. The molecule has 0 radical (unpaired) electrons. The zero-order valence-corrected chi connectivity index (χ0v) is 73.8. The summed E-state index contributed by atoms with van der Waals surface area (Å²) < 4.78 is 103. The molecular weight excluding hydrogens is 1710 g/mol. The number of benzene rings is 6. The van der Waals surface area contributed by atoms with Crippen LogP contribution in [0.5, 0.6) is 0 Å². The lowest BCUT2D eigenvalue weighted by Gasteiger charge is -2.22. The molecule has 14 N–H and O–H groups in total. The molecule has 4 aliphatic heterocycles. The summed E-state index contributed by atoms with van der Waals surface area (Å²) in [6, 6.07) is 37.3. The molecule has 2 saturated heterocycles. The summed E-state index contributed by atoms with van der Waals surface area (Å²) in [5.74, 6) is 1.29. The number of ether oxygens (including phenoxy) is 2. The van der Waals surface area contributed by atoms with Gasteiger partial charge in [0.05, 0.1) is 47.6 Å². The topological polar surface area (TPSA) is 392 Å². The van der Waals surface area contributed by atoms with E-state index in [1.54, 1.807) is 121 Å². The minimum atomic E-state index is -1.31. The first-order chi connectivity index (χ1) is 58.9. The first-order valence-corrected chi connectivity index (χ1v) is 46.0. The number of carbonyl (C=O) groups is 4. The van der Waals surface area contributed by atoms with Crippen LogP contribution in [0.25, 0.3) is 55.7 Å². The Hall–Kier alpha value is -10.5. The van der Waals surface area contributed by atoms with E-state index in [2.05, 4.69) is 31.3 Å². The van der Waals surface area contributed by atoms with Gasteiger partial charge >= 0.3 is 17.9 Å². The molecule has 2 fully saturated rings. The largest absolute Gasteiger partial charge is 0.478 e. The van der Waals surface area contributed by atoms with Crippen LogP contribution in [-0.4, -0.2) is 142 Å². The van der Waals surface area contributed by atoms with E-state index in [0.29, 0.717) is 107 Å². The van der Waals surface area contributed by atoms with E-state index in [-0.39, 0.29) is 70.8 Å². The lowest BCUT2D eigenvalue weighted by Crippen LogP contribution is -2.31. The second-order valence-electron chi connectivity index (χ2n) is 31.5. The number of hydrogen-bond acceptors (Lipinski definition) is 21. The Balaban J connectivity index is 0.000000167. The highest BCUT2D eigenvalue weighted by Crippen LogP contribution is 2.39. The van der Waals surface area contributed by atoms with Gasteiger partial charge in [-0.3, -0.25) is 17.4 Å². The van der Waals surface area contributed by atoms with Crippen molar-refractivity contribution in [3.8, 4) is 44.5 Å². The Morgan fingerprint density at radius 3 is 1.26 bits per heavy atom. The third-order valence-electron chi connectivity index (χ3n) is 20.3. The molecule has 4 aliphatic rings. The number of aliphatic hydroxyl groups is 2. The van der Waals surface area contributed by atoms with E-state index in [1.807, 2.05) is 54.2 Å². The predicted molar refractivity (Wildman–Crippen MR) is 488 cm³/mol. The van der Waals surface area contributed by atoms with Gasteiger partial charge < -0.3 is 58.8 Å². The maximum absolute atomic E-state index is 15.0. The Morgan fingerprint density at radius 1 is 0.492 bits per heavy atom. The SMILES string of the molecule is CC(C)(C)OC(=O)c1ccc(-c2cc(C3=CCSCC3)cnc2N)cc1F.CC(C)(C)OC(=O)c1ccc(-c2cc(C3=CC[S@](=O)CC3)cnc2N)cc1F.N[C@H](CO)c1cccc(Cl)c1.Nc1ncc(C2CCS(=O)CC2)cc1-c1ccc(C(=O)N[C@H](CO)c2cccc(Cl)c2)c(F)c1.Nc1ncc(C2CCS(=O)CC2)cc1-c1ccc(C(=O)O)c(F)c1. The lowest BCUT2D eigenvalue weighted by atomic mass is 9.92. The number of allylic oxidation sites excluding steroid dienone is 2. The smallest absolute Gasteiger partial charge is 0.341 e. The molecule has 1 amide bonds. The summed E-state index contributed by atoms with van der Waals surface area (Å²) in [5, 5.41) is 31.1. The maximum Gasteiger partial charge on any atom is 0.341 e. The van der Waals surface area contributed by atoms with Crippen molar-refractivity contribution >= 4 is 126 Å². The Morgan fingerprint density at radius 2 is 0.887 bits per heavy atom. The number of esters is 2. The quantitative estimate of drug-likeness (QED) is 0.0302. The first kappa shape index (κ1) is 95.7. The van der Waals surface area contributed by atoms with Crippen LogP contribution < -0.4 is 34.0 Å². The number of hydrogen-bond donors (Lipinski definition) is 9. The van der Waals surface area contributed by atoms with E-state index in [1.165, 1.54) is 54.1 Å².